The van der Waals surface area contributed by atoms with E-state index in [-0.39, 0.29) is 0 Å². The molecule has 0 spiro atoms. The fourth-order valence-corrected chi connectivity index (χ4v) is 1.78. The van der Waals surface area contributed by atoms with Crippen molar-refractivity contribution >= 4 is 15.9 Å². The minimum Gasteiger partial charge on any atom is -0.0850 e. The molecule has 40 valence electrons. The Morgan fingerprint density at radius 3 is 2.00 bits per heavy atom. The molecule has 0 heterocycles. The molecular weight excluding hydrogens is 152 g/mol. The van der Waals surface area contributed by atoms with Crippen LogP contribution in [0, 0.1) is 5.92 Å². The molecule has 0 atom stereocenters. The van der Waals surface area contributed by atoms with Crippen molar-refractivity contribution in [2.75, 3.05) is 0 Å². The van der Waals surface area contributed by atoms with Crippen LogP contribution in [-0.2, 0) is 0 Å². The molecule has 0 aliphatic heterocycles. The summed E-state index contributed by atoms with van der Waals surface area (Å²) in [5, 5.41) is 0. The van der Waals surface area contributed by atoms with Crippen molar-refractivity contribution in [2.24, 2.45) is 5.92 Å². The maximum atomic E-state index is 3.72. The van der Waals surface area contributed by atoms with Gasteiger partial charge < -0.3 is 0 Å². The van der Waals surface area contributed by atoms with Crippen LogP contribution in [0.5, 0.6) is 0 Å². The van der Waals surface area contributed by atoms with E-state index in [1.165, 1.54) is 25.7 Å². The van der Waals surface area contributed by atoms with E-state index >= 15 is 0 Å². The van der Waals surface area contributed by atoms with Gasteiger partial charge in [0.05, 0.1) is 0 Å². The second-order valence-corrected chi connectivity index (χ2v) is 4.39. The largest absolute Gasteiger partial charge is 0.0850 e. The highest BCUT2D eigenvalue weighted by atomic mass is 79.9. The number of alkyl halides is 1. The first-order valence-electron chi connectivity index (χ1n) is 3.00. The second-order valence-electron chi connectivity index (χ2n) is 2.81. The molecule has 0 amide bonds. The number of hydrogen-bond donors (Lipinski definition) is 0. The topological polar surface area (TPSA) is 0 Å². The van der Waals surface area contributed by atoms with Crippen molar-refractivity contribution < 1.29 is 0 Å². The summed E-state index contributed by atoms with van der Waals surface area (Å²) in [7, 11) is 0. The van der Waals surface area contributed by atoms with E-state index in [2.05, 4.69) is 15.9 Å². The van der Waals surface area contributed by atoms with Gasteiger partial charge in [0.25, 0.3) is 0 Å². The molecule has 1 heteroatoms. The third kappa shape index (κ3) is 0.620. The Hall–Kier alpha value is 0.480. The Labute approximate surface area is 52.4 Å². The van der Waals surface area contributed by atoms with Crippen molar-refractivity contribution in [1.29, 1.82) is 0 Å². The van der Waals surface area contributed by atoms with Gasteiger partial charge in [-0.15, -0.1) is 0 Å². The molecule has 2 rings (SSSR count). The van der Waals surface area contributed by atoms with Crippen LogP contribution in [0.3, 0.4) is 0 Å². The van der Waals surface area contributed by atoms with Crippen molar-refractivity contribution in [2.45, 2.75) is 30.0 Å². The van der Waals surface area contributed by atoms with E-state index in [1.54, 1.807) is 0 Å². The quantitative estimate of drug-likeness (QED) is 0.517. The maximum absolute atomic E-state index is 3.72. The summed E-state index contributed by atoms with van der Waals surface area (Å²) < 4.78 is 0.674. The third-order valence-electron chi connectivity index (χ3n) is 2.04. The standard InChI is InChI=1S/C6H9Br/c7-6(3-4-6)5-1-2-5/h5H,1-4H2. The molecule has 0 aromatic heterocycles. The van der Waals surface area contributed by atoms with Gasteiger partial charge in [0, 0.05) is 4.32 Å². The Morgan fingerprint density at radius 2 is 1.86 bits per heavy atom. The Balaban J connectivity index is 2.04. The summed E-state index contributed by atoms with van der Waals surface area (Å²) in [4.78, 5) is 0. The third-order valence-corrected chi connectivity index (χ3v) is 3.48. The number of hydrogen-bond acceptors (Lipinski definition) is 0. The second kappa shape index (κ2) is 1.07. The number of rotatable bonds is 1. The SMILES string of the molecule is BrC1(C2CC2)CC1. The summed E-state index contributed by atoms with van der Waals surface area (Å²) in [5.74, 6) is 1.08. The van der Waals surface area contributed by atoms with Crippen LogP contribution >= 0.6 is 15.9 Å². The summed E-state index contributed by atoms with van der Waals surface area (Å²) in [6.45, 7) is 0. The van der Waals surface area contributed by atoms with Gasteiger partial charge in [-0.25, -0.2) is 0 Å². The summed E-state index contributed by atoms with van der Waals surface area (Å²) >= 11 is 3.72. The van der Waals surface area contributed by atoms with Gasteiger partial charge >= 0.3 is 0 Å². The summed E-state index contributed by atoms with van der Waals surface area (Å²) in [5.41, 5.74) is 0. The van der Waals surface area contributed by atoms with Crippen LogP contribution in [0.4, 0.5) is 0 Å². The van der Waals surface area contributed by atoms with Gasteiger partial charge in [-0.05, 0) is 31.6 Å². The zero-order valence-corrected chi connectivity index (χ0v) is 5.87. The molecule has 7 heavy (non-hydrogen) atoms. The molecule has 0 radical (unpaired) electrons. The average Bonchev–Trinajstić information content (AvgIpc) is 2.14. The Kier molecular flexibility index (Phi) is 0.668. The molecule has 2 aliphatic rings. The Bertz CT molecular complexity index is 90.4. The molecule has 2 aliphatic carbocycles. The highest BCUT2D eigenvalue weighted by Crippen LogP contribution is 2.59. The van der Waals surface area contributed by atoms with Crippen LogP contribution in [0.25, 0.3) is 0 Å². The van der Waals surface area contributed by atoms with Crippen LogP contribution in [0.15, 0.2) is 0 Å². The molecule has 0 saturated heterocycles. The lowest BCUT2D eigenvalue weighted by molar-refractivity contribution is 0.783. The van der Waals surface area contributed by atoms with E-state index in [9.17, 15) is 0 Å². The van der Waals surface area contributed by atoms with E-state index in [0.29, 0.717) is 4.32 Å². The highest BCUT2D eigenvalue weighted by molar-refractivity contribution is 9.10. The number of halogens is 1. The minimum atomic E-state index is 0.674. The molecule has 0 nitrogen and oxygen atoms in total. The fourth-order valence-electron chi connectivity index (χ4n) is 1.13. The zero-order chi connectivity index (χ0) is 4.91. The van der Waals surface area contributed by atoms with Gasteiger partial charge in [-0.3, -0.25) is 0 Å². The molecule has 2 saturated carbocycles. The predicted molar refractivity (Wildman–Crippen MR) is 33.6 cm³/mol. The predicted octanol–water partition coefficient (Wildman–Crippen LogP) is 2.32. The average molecular weight is 161 g/mol. The van der Waals surface area contributed by atoms with E-state index < -0.39 is 0 Å². The van der Waals surface area contributed by atoms with Gasteiger partial charge in [-0.1, -0.05) is 15.9 Å². The smallest absolute Gasteiger partial charge is 0.0287 e. The molecule has 2 fully saturated rings. The van der Waals surface area contributed by atoms with Crippen LogP contribution in [-0.4, -0.2) is 4.32 Å². The van der Waals surface area contributed by atoms with Crippen molar-refractivity contribution in [3.8, 4) is 0 Å². The molecular formula is C6H9Br. The van der Waals surface area contributed by atoms with Gasteiger partial charge in [0.1, 0.15) is 0 Å². The van der Waals surface area contributed by atoms with Gasteiger partial charge in [0.15, 0.2) is 0 Å². The van der Waals surface area contributed by atoms with Gasteiger partial charge in [-0.2, -0.15) is 0 Å². The molecule has 0 aromatic carbocycles. The first-order chi connectivity index (χ1) is 3.31. The van der Waals surface area contributed by atoms with E-state index in [1.807, 2.05) is 0 Å². The first kappa shape index (κ1) is 4.37. The monoisotopic (exact) mass is 160 g/mol. The lowest BCUT2D eigenvalue weighted by Gasteiger charge is -1.97. The van der Waals surface area contributed by atoms with Crippen molar-refractivity contribution in [3.05, 3.63) is 0 Å². The fraction of sp³-hybridized carbons (Fsp3) is 1.00. The Morgan fingerprint density at radius 1 is 1.29 bits per heavy atom. The van der Waals surface area contributed by atoms with Crippen molar-refractivity contribution in [1.82, 2.24) is 0 Å². The zero-order valence-electron chi connectivity index (χ0n) is 4.28. The van der Waals surface area contributed by atoms with Crippen LogP contribution in [0.1, 0.15) is 25.7 Å². The van der Waals surface area contributed by atoms with E-state index in [0.717, 1.165) is 5.92 Å². The van der Waals surface area contributed by atoms with E-state index in [4.69, 9.17) is 0 Å². The first-order valence-corrected chi connectivity index (χ1v) is 3.79. The van der Waals surface area contributed by atoms with Crippen LogP contribution < -0.4 is 0 Å². The maximum Gasteiger partial charge on any atom is 0.0287 e. The summed E-state index contributed by atoms with van der Waals surface area (Å²) in [6, 6.07) is 0. The van der Waals surface area contributed by atoms with Crippen LogP contribution in [0.2, 0.25) is 0 Å². The summed E-state index contributed by atoms with van der Waals surface area (Å²) in [6.07, 6.45) is 5.87. The minimum absolute atomic E-state index is 0.674. The molecule has 0 N–H and O–H groups in total. The molecule has 0 unspecified atom stereocenters. The van der Waals surface area contributed by atoms with Gasteiger partial charge in [0.2, 0.25) is 0 Å². The molecule has 0 bridgehead atoms. The normalized spacial score (nSPS) is 35.6. The lowest BCUT2D eigenvalue weighted by Crippen LogP contribution is -1.96. The highest BCUT2D eigenvalue weighted by Gasteiger charge is 2.51. The molecule has 0 aromatic rings. The van der Waals surface area contributed by atoms with Crippen molar-refractivity contribution in [3.63, 3.8) is 0 Å². The lowest BCUT2D eigenvalue weighted by atomic mass is 10.3.